The van der Waals surface area contributed by atoms with E-state index in [0.717, 1.165) is 30.7 Å². The Labute approximate surface area is 119 Å². The maximum Gasteiger partial charge on any atom is 0.0623 e. The SMILES string of the molecule is CCNC(CCC(C)(C)OC)CC1CC2CCC1C2. The van der Waals surface area contributed by atoms with E-state index in [1.165, 1.54) is 38.5 Å². The molecule has 0 heterocycles. The fraction of sp³-hybridized carbons (Fsp3) is 1.00. The van der Waals surface area contributed by atoms with Crippen LogP contribution in [0.4, 0.5) is 0 Å². The molecule has 2 nitrogen and oxygen atoms in total. The summed E-state index contributed by atoms with van der Waals surface area (Å²) in [6, 6.07) is 0.698. The quantitative estimate of drug-likeness (QED) is 0.718. The average Bonchev–Trinajstić information content (AvgIpc) is 2.98. The summed E-state index contributed by atoms with van der Waals surface area (Å²) >= 11 is 0. The maximum absolute atomic E-state index is 5.56. The third kappa shape index (κ3) is 4.19. The molecule has 112 valence electrons. The van der Waals surface area contributed by atoms with Crippen molar-refractivity contribution < 1.29 is 4.74 Å². The summed E-state index contributed by atoms with van der Waals surface area (Å²) in [5.41, 5.74) is 0.0301. The van der Waals surface area contributed by atoms with Gasteiger partial charge in [-0.2, -0.15) is 0 Å². The molecule has 0 aromatic heterocycles. The van der Waals surface area contributed by atoms with E-state index >= 15 is 0 Å². The summed E-state index contributed by atoms with van der Waals surface area (Å²) in [5.74, 6) is 3.14. The Morgan fingerprint density at radius 2 is 2.05 bits per heavy atom. The van der Waals surface area contributed by atoms with E-state index in [1.54, 1.807) is 0 Å². The number of rotatable bonds is 8. The summed E-state index contributed by atoms with van der Waals surface area (Å²) in [5, 5.41) is 3.71. The molecule has 2 fully saturated rings. The first-order chi connectivity index (χ1) is 9.04. The minimum atomic E-state index is 0.0301. The summed E-state index contributed by atoms with van der Waals surface area (Å²) in [4.78, 5) is 0. The highest BCUT2D eigenvalue weighted by Crippen LogP contribution is 2.50. The Morgan fingerprint density at radius 3 is 2.58 bits per heavy atom. The van der Waals surface area contributed by atoms with Crippen LogP contribution >= 0.6 is 0 Å². The van der Waals surface area contributed by atoms with Crippen LogP contribution in [0.15, 0.2) is 0 Å². The lowest BCUT2D eigenvalue weighted by atomic mass is 9.82. The van der Waals surface area contributed by atoms with E-state index in [1.807, 2.05) is 7.11 Å². The second kappa shape index (κ2) is 6.58. The lowest BCUT2D eigenvalue weighted by Crippen LogP contribution is -2.35. The lowest BCUT2D eigenvalue weighted by Gasteiger charge is -2.30. The lowest BCUT2D eigenvalue weighted by molar-refractivity contribution is 0.0109. The van der Waals surface area contributed by atoms with E-state index < -0.39 is 0 Å². The molecule has 2 saturated carbocycles. The van der Waals surface area contributed by atoms with E-state index in [2.05, 4.69) is 26.1 Å². The molecular weight excluding hydrogens is 234 g/mol. The van der Waals surface area contributed by atoms with Gasteiger partial charge < -0.3 is 10.1 Å². The van der Waals surface area contributed by atoms with Gasteiger partial charge in [-0.1, -0.05) is 13.3 Å². The van der Waals surface area contributed by atoms with Crippen molar-refractivity contribution in [3.63, 3.8) is 0 Å². The van der Waals surface area contributed by atoms with Gasteiger partial charge in [-0.25, -0.2) is 0 Å². The molecule has 2 aliphatic carbocycles. The van der Waals surface area contributed by atoms with Gasteiger partial charge in [-0.15, -0.1) is 0 Å². The fourth-order valence-electron chi connectivity index (χ4n) is 4.25. The van der Waals surface area contributed by atoms with Crippen LogP contribution in [0, 0.1) is 17.8 Å². The molecular formula is C17H33NO. The molecule has 1 N–H and O–H groups in total. The van der Waals surface area contributed by atoms with Gasteiger partial charge in [0, 0.05) is 13.2 Å². The summed E-state index contributed by atoms with van der Waals surface area (Å²) in [6.45, 7) is 7.73. The standard InChI is InChI=1S/C17H33NO/c1-5-18-16(8-9-17(2,3)19-4)12-15-11-13-6-7-14(15)10-13/h13-16,18H,5-12H2,1-4H3. The number of hydrogen-bond donors (Lipinski definition) is 1. The second-order valence-corrected chi connectivity index (χ2v) is 7.43. The van der Waals surface area contributed by atoms with Crippen molar-refractivity contribution in [1.29, 1.82) is 0 Å². The van der Waals surface area contributed by atoms with Crippen molar-refractivity contribution in [2.75, 3.05) is 13.7 Å². The van der Waals surface area contributed by atoms with Gasteiger partial charge in [0.15, 0.2) is 0 Å². The molecule has 0 saturated heterocycles. The largest absolute Gasteiger partial charge is 0.379 e. The van der Waals surface area contributed by atoms with Crippen LogP contribution in [0.1, 0.15) is 65.7 Å². The molecule has 0 aliphatic heterocycles. The van der Waals surface area contributed by atoms with E-state index in [0.29, 0.717) is 6.04 Å². The number of hydrogen-bond acceptors (Lipinski definition) is 2. The third-order valence-corrected chi connectivity index (χ3v) is 5.61. The van der Waals surface area contributed by atoms with Gasteiger partial charge in [0.2, 0.25) is 0 Å². The summed E-state index contributed by atoms with van der Waals surface area (Å²) in [6.07, 6.45) is 9.88. The van der Waals surface area contributed by atoms with Gasteiger partial charge in [0.1, 0.15) is 0 Å². The fourth-order valence-corrected chi connectivity index (χ4v) is 4.25. The van der Waals surface area contributed by atoms with Crippen LogP contribution in [0.2, 0.25) is 0 Å². The average molecular weight is 267 g/mol. The molecule has 2 bridgehead atoms. The zero-order valence-electron chi connectivity index (χ0n) is 13.4. The first-order valence-corrected chi connectivity index (χ1v) is 8.32. The van der Waals surface area contributed by atoms with E-state index in [4.69, 9.17) is 4.74 Å². The predicted octanol–water partition coefficient (Wildman–Crippen LogP) is 4.00. The van der Waals surface area contributed by atoms with E-state index in [9.17, 15) is 0 Å². The first-order valence-electron chi connectivity index (χ1n) is 8.32. The Kier molecular flexibility index (Phi) is 5.30. The predicted molar refractivity (Wildman–Crippen MR) is 81.3 cm³/mol. The molecule has 0 aromatic carbocycles. The van der Waals surface area contributed by atoms with Gasteiger partial charge in [0.25, 0.3) is 0 Å². The second-order valence-electron chi connectivity index (χ2n) is 7.43. The molecule has 0 spiro atoms. The van der Waals surface area contributed by atoms with Crippen molar-refractivity contribution in [3.05, 3.63) is 0 Å². The Hall–Kier alpha value is -0.0800. The maximum atomic E-state index is 5.56. The number of nitrogens with one attached hydrogen (secondary N) is 1. The summed E-state index contributed by atoms with van der Waals surface area (Å²) in [7, 11) is 1.83. The topological polar surface area (TPSA) is 21.3 Å². The van der Waals surface area contributed by atoms with Gasteiger partial charge in [0.05, 0.1) is 5.60 Å². The highest BCUT2D eigenvalue weighted by Gasteiger charge is 2.40. The van der Waals surface area contributed by atoms with Crippen LogP contribution < -0.4 is 5.32 Å². The summed E-state index contributed by atoms with van der Waals surface area (Å²) < 4.78 is 5.56. The monoisotopic (exact) mass is 267 g/mol. The normalized spacial score (nSPS) is 31.9. The van der Waals surface area contributed by atoms with Crippen LogP contribution in [-0.4, -0.2) is 25.3 Å². The molecule has 0 amide bonds. The zero-order valence-corrected chi connectivity index (χ0v) is 13.4. The van der Waals surface area contributed by atoms with Gasteiger partial charge in [-0.05, 0) is 76.7 Å². The first kappa shape index (κ1) is 15.3. The van der Waals surface area contributed by atoms with Gasteiger partial charge in [-0.3, -0.25) is 0 Å². The van der Waals surface area contributed by atoms with Crippen molar-refractivity contribution in [2.45, 2.75) is 77.4 Å². The smallest absolute Gasteiger partial charge is 0.0623 e. The number of methoxy groups -OCH3 is 1. The minimum Gasteiger partial charge on any atom is -0.379 e. The van der Waals surface area contributed by atoms with Crippen molar-refractivity contribution in [1.82, 2.24) is 5.32 Å². The number of ether oxygens (including phenoxy) is 1. The van der Waals surface area contributed by atoms with Crippen molar-refractivity contribution >= 4 is 0 Å². The Morgan fingerprint density at radius 1 is 1.26 bits per heavy atom. The Bertz CT molecular complexity index is 276. The molecule has 0 aromatic rings. The number of fused-ring (bicyclic) bond motifs is 2. The highest BCUT2D eigenvalue weighted by molar-refractivity contribution is 4.92. The van der Waals surface area contributed by atoms with E-state index in [-0.39, 0.29) is 5.60 Å². The third-order valence-electron chi connectivity index (χ3n) is 5.61. The zero-order chi connectivity index (χ0) is 13.9. The van der Waals surface area contributed by atoms with Crippen LogP contribution in [0.3, 0.4) is 0 Å². The van der Waals surface area contributed by atoms with Crippen molar-refractivity contribution in [3.8, 4) is 0 Å². The molecule has 2 rings (SSSR count). The van der Waals surface area contributed by atoms with Crippen LogP contribution in [0.5, 0.6) is 0 Å². The molecule has 2 aliphatic rings. The highest BCUT2D eigenvalue weighted by atomic mass is 16.5. The molecule has 4 atom stereocenters. The Balaban J connectivity index is 1.79. The molecule has 0 radical (unpaired) electrons. The molecule has 2 heteroatoms. The van der Waals surface area contributed by atoms with Crippen molar-refractivity contribution in [2.24, 2.45) is 17.8 Å². The molecule has 4 unspecified atom stereocenters. The molecule has 19 heavy (non-hydrogen) atoms. The van der Waals surface area contributed by atoms with Crippen LogP contribution in [0.25, 0.3) is 0 Å². The van der Waals surface area contributed by atoms with Crippen LogP contribution in [-0.2, 0) is 4.74 Å². The minimum absolute atomic E-state index is 0.0301. The van der Waals surface area contributed by atoms with Gasteiger partial charge >= 0.3 is 0 Å².